The van der Waals surface area contributed by atoms with E-state index in [0.29, 0.717) is 5.03 Å². The zero-order chi connectivity index (χ0) is 14.5. The van der Waals surface area contributed by atoms with Gasteiger partial charge in [-0.05, 0) is 20.8 Å². The Labute approximate surface area is 115 Å². The van der Waals surface area contributed by atoms with E-state index in [1.54, 1.807) is 20.8 Å². The van der Waals surface area contributed by atoms with Crippen molar-refractivity contribution < 1.29 is 19.1 Å². The molecular weight excluding hydrogens is 268 g/mol. The number of rotatable bonds is 4. The van der Waals surface area contributed by atoms with Gasteiger partial charge in [-0.25, -0.2) is 14.8 Å². The Hall–Kier alpha value is -1.63. The van der Waals surface area contributed by atoms with Crippen LogP contribution in [0.1, 0.15) is 31.3 Å². The first-order chi connectivity index (χ1) is 8.81. The van der Waals surface area contributed by atoms with E-state index in [4.69, 9.17) is 4.74 Å². The topological polar surface area (TPSA) is 78.4 Å². The molecule has 1 aromatic rings. The van der Waals surface area contributed by atoms with E-state index >= 15 is 0 Å². The molecule has 1 rings (SSSR count). The largest absolute Gasteiger partial charge is 0.468 e. The molecule has 0 bridgehead atoms. The summed E-state index contributed by atoms with van der Waals surface area (Å²) in [6, 6.07) is 0. The van der Waals surface area contributed by atoms with Crippen LogP contribution < -0.4 is 0 Å². The van der Waals surface area contributed by atoms with Crippen LogP contribution in [0.25, 0.3) is 0 Å². The second-order valence-corrected chi connectivity index (χ2v) is 5.60. The third kappa shape index (κ3) is 5.69. The molecule has 6 nitrogen and oxygen atoms in total. The fourth-order valence-electron chi connectivity index (χ4n) is 1.02. The molecule has 0 spiro atoms. The van der Waals surface area contributed by atoms with Crippen molar-refractivity contribution in [3.05, 3.63) is 18.1 Å². The molecule has 0 saturated carbocycles. The molecule has 0 saturated heterocycles. The van der Waals surface area contributed by atoms with E-state index in [2.05, 4.69) is 14.7 Å². The van der Waals surface area contributed by atoms with E-state index in [-0.39, 0.29) is 17.4 Å². The van der Waals surface area contributed by atoms with Crippen LogP contribution in [0.15, 0.2) is 17.4 Å². The number of hydrogen-bond donors (Lipinski definition) is 0. The minimum atomic E-state index is -0.572. The van der Waals surface area contributed by atoms with Crippen LogP contribution in [0.2, 0.25) is 0 Å². The Balaban J connectivity index is 2.61. The minimum Gasteiger partial charge on any atom is -0.468 e. The smallest absolute Gasteiger partial charge is 0.359 e. The second-order valence-electron chi connectivity index (χ2n) is 4.61. The van der Waals surface area contributed by atoms with Crippen molar-refractivity contribution in [2.45, 2.75) is 31.4 Å². The number of carbonyl (C=O) groups is 2. The van der Waals surface area contributed by atoms with Gasteiger partial charge in [-0.15, -0.1) is 0 Å². The summed E-state index contributed by atoms with van der Waals surface area (Å²) in [6.45, 7) is 5.33. The lowest BCUT2D eigenvalue weighted by Gasteiger charge is -2.18. The summed E-state index contributed by atoms with van der Waals surface area (Å²) in [6.07, 6.45) is 2.75. The van der Waals surface area contributed by atoms with Gasteiger partial charge >= 0.3 is 11.9 Å². The normalized spacial score (nSPS) is 10.9. The van der Waals surface area contributed by atoms with Crippen LogP contribution in [0.5, 0.6) is 0 Å². The maximum absolute atomic E-state index is 11.7. The number of carbonyl (C=O) groups excluding carboxylic acids is 2. The van der Waals surface area contributed by atoms with Gasteiger partial charge in [0.15, 0.2) is 5.69 Å². The van der Waals surface area contributed by atoms with Gasteiger partial charge in [0.2, 0.25) is 0 Å². The van der Waals surface area contributed by atoms with Crippen LogP contribution in [0.3, 0.4) is 0 Å². The Morgan fingerprint density at radius 3 is 2.42 bits per heavy atom. The summed E-state index contributed by atoms with van der Waals surface area (Å²) in [5, 5.41) is 0.540. The first-order valence-corrected chi connectivity index (χ1v) is 6.55. The van der Waals surface area contributed by atoms with Gasteiger partial charge in [0.1, 0.15) is 10.6 Å². The van der Waals surface area contributed by atoms with Crippen molar-refractivity contribution in [1.82, 2.24) is 9.97 Å². The molecule has 0 unspecified atom stereocenters. The molecule has 0 fully saturated rings. The molecule has 0 N–H and O–H groups in total. The van der Waals surface area contributed by atoms with Crippen molar-refractivity contribution in [2.75, 3.05) is 12.9 Å². The highest BCUT2D eigenvalue weighted by Crippen LogP contribution is 2.15. The average Bonchev–Trinajstić information content (AvgIpc) is 2.34. The lowest BCUT2D eigenvalue weighted by atomic mass is 10.2. The van der Waals surface area contributed by atoms with Gasteiger partial charge in [0, 0.05) is 0 Å². The number of methoxy groups -OCH3 is 1. The third-order valence-electron chi connectivity index (χ3n) is 1.80. The van der Waals surface area contributed by atoms with Gasteiger partial charge in [0.25, 0.3) is 0 Å². The van der Waals surface area contributed by atoms with E-state index in [1.807, 2.05) is 0 Å². The van der Waals surface area contributed by atoms with Crippen LogP contribution in [-0.2, 0) is 14.3 Å². The number of thioether (sulfide) groups is 1. The van der Waals surface area contributed by atoms with Crippen LogP contribution in [0, 0.1) is 0 Å². The fraction of sp³-hybridized carbons (Fsp3) is 0.500. The summed E-state index contributed by atoms with van der Waals surface area (Å²) >= 11 is 1.19. The van der Waals surface area contributed by atoms with Crippen molar-refractivity contribution in [3.8, 4) is 0 Å². The highest BCUT2D eigenvalue weighted by Gasteiger charge is 2.19. The highest BCUT2D eigenvalue weighted by atomic mass is 32.2. The van der Waals surface area contributed by atoms with Crippen molar-refractivity contribution in [2.24, 2.45) is 0 Å². The summed E-state index contributed by atoms with van der Waals surface area (Å²) in [4.78, 5) is 30.6. The molecule has 0 atom stereocenters. The third-order valence-corrected chi connectivity index (χ3v) is 2.69. The van der Waals surface area contributed by atoms with Crippen LogP contribution in [0.4, 0.5) is 0 Å². The standard InChI is InChI=1S/C12H16N2O4S/c1-12(2,3)18-11(16)8-5-14-9(6-13-8)19-7-10(15)17-4/h5-6H,7H2,1-4H3. The summed E-state index contributed by atoms with van der Waals surface area (Å²) in [5.74, 6) is -0.718. The van der Waals surface area contributed by atoms with Gasteiger partial charge in [-0.1, -0.05) is 11.8 Å². The number of hydrogen-bond acceptors (Lipinski definition) is 7. The first-order valence-electron chi connectivity index (χ1n) is 5.57. The Morgan fingerprint density at radius 2 is 1.95 bits per heavy atom. The Bertz CT molecular complexity index is 454. The van der Waals surface area contributed by atoms with Gasteiger partial charge in [-0.2, -0.15) is 0 Å². The van der Waals surface area contributed by atoms with Gasteiger partial charge < -0.3 is 9.47 Å². The predicted octanol–water partition coefficient (Wildman–Crippen LogP) is 1.70. The summed E-state index contributed by atoms with van der Waals surface area (Å²) in [7, 11) is 1.32. The summed E-state index contributed by atoms with van der Waals surface area (Å²) < 4.78 is 9.66. The molecule has 0 amide bonds. The maximum atomic E-state index is 11.7. The molecule has 0 aliphatic carbocycles. The molecular formula is C12H16N2O4S. The molecule has 0 aliphatic rings. The molecule has 7 heteroatoms. The highest BCUT2D eigenvalue weighted by molar-refractivity contribution is 7.99. The minimum absolute atomic E-state index is 0.136. The SMILES string of the molecule is COC(=O)CSc1cnc(C(=O)OC(C)(C)C)cn1. The monoisotopic (exact) mass is 284 g/mol. The van der Waals surface area contributed by atoms with Crippen molar-refractivity contribution >= 4 is 23.7 Å². The molecule has 19 heavy (non-hydrogen) atoms. The van der Waals surface area contributed by atoms with Gasteiger partial charge in [-0.3, -0.25) is 4.79 Å². The maximum Gasteiger partial charge on any atom is 0.359 e. The van der Waals surface area contributed by atoms with Crippen LogP contribution >= 0.6 is 11.8 Å². The molecule has 1 aromatic heterocycles. The zero-order valence-corrected chi connectivity index (χ0v) is 12.1. The summed E-state index contributed by atoms with van der Waals surface area (Å²) in [5.41, 5.74) is -0.436. The molecule has 104 valence electrons. The van der Waals surface area contributed by atoms with Crippen molar-refractivity contribution in [3.63, 3.8) is 0 Å². The number of aromatic nitrogens is 2. The Morgan fingerprint density at radius 1 is 1.26 bits per heavy atom. The molecule has 1 heterocycles. The van der Waals surface area contributed by atoms with E-state index in [9.17, 15) is 9.59 Å². The van der Waals surface area contributed by atoms with Gasteiger partial charge in [0.05, 0.1) is 25.3 Å². The second kappa shape index (κ2) is 6.51. The number of ether oxygens (including phenoxy) is 2. The fourth-order valence-corrected chi connectivity index (χ4v) is 1.66. The first kappa shape index (κ1) is 15.4. The Kier molecular flexibility index (Phi) is 5.29. The molecule has 0 aliphatic heterocycles. The number of nitrogens with zero attached hydrogens (tertiary/aromatic N) is 2. The quantitative estimate of drug-likeness (QED) is 0.615. The average molecular weight is 284 g/mol. The number of esters is 2. The van der Waals surface area contributed by atoms with Crippen molar-refractivity contribution in [1.29, 1.82) is 0 Å². The van der Waals surface area contributed by atoms with E-state index in [1.165, 1.54) is 31.3 Å². The molecule has 0 radical (unpaired) electrons. The zero-order valence-electron chi connectivity index (χ0n) is 11.3. The molecule has 0 aromatic carbocycles. The van der Waals surface area contributed by atoms with E-state index < -0.39 is 11.6 Å². The lowest BCUT2D eigenvalue weighted by molar-refractivity contribution is -0.137. The lowest BCUT2D eigenvalue weighted by Crippen LogP contribution is -2.24. The van der Waals surface area contributed by atoms with E-state index in [0.717, 1.165) is 0 Å². The predicted molar refractivity (Wildman–Crippen MR) is 69.9 cm³/mol. The van der Waals surface area contributed by atoms with Crippen LogP contribution in [-0.4, -0.2) is 40.4 Å².